The second-order valence-electron chi connectivity index (χ2n) is 15.6. The Balaban J connectivity index is 1.17. The van der Waals surface area contributed by atoms with Gasteiger partial charge in [-0.1, -0.05) is 25.0 Å². The minimum Gasteiger partial charge on any atom is -0.458 e. The Morgan fingerprint density at radius 3 is 2.46 bits per heavy atom. The van der Waals surface area contributed by atoms with Crippen molar-refractivity contribution in [2.45, 2.75) is 103 Å². The first-order valence-electron chi connectivity index (χ1n) is 17.7. The van der Waals surface area contributed by atoms with Crippen molar-refractivity contribution < 1.29 is 52.8 Å². The maximum atomic E-state index is 14.0. The predicted molar refractivity (Wildman–Crippen MR) is 176 cm³/mol. The van der Waals surface area contributed by atoms with Gasteiger partial charge in [-0.25, -0.2) is 9.59 Å². The molecule has 0 bridgehead atoms. The van der Waals surface area contributed by atoms with Gasteiger partial charge in [0.2, 0.25) is 5.91 Å². The summed E-state index contributed by atoms with van der Waals surface area (Å²) in [7, 11) is 0. The summed E-state index contributed by atoms with van der Waals surface area (Å²) in [6, 6.07) is 0. The van der Waals surface area contributed by atoms with Crippen LogP contribution in [0.4, 0.5) is 0 Å². The van der Waals surface area contributed by atoms with E-state index in [9.17, 15) is 29.1 Å². The summed E-state index contributed by atoms with van der Waals surface area (Å²) in [6.07, 6.45) is 6.19. The van der Waals surface area contributed by atoms with Gasteiger partial charge in [0.25, 0.3) is 0 Å². The van der Waals surface area contributed by atoms with Gasteiger partial charge in [0, 0.05) is 55.5 Å². The van der Waals surface area contributed by atoms with Crippen LogP contribution in [0.2, 0.25) is 0 Å². The molecular weight excluding hydrogens is 646 g/mol. The molecule has 0 radical (unpaired) electrons. The third-order valence-corrected chi connectivity index (χ3v) is 13.4. The Labute approximate surface area is 291 Å². The minimum absolute atomic E-state index is 0.178. The summed E-state index contributed by atoms with van der Waals surface area (Å²) in [5.41, 5.74) is -2.34. The highest BCUT2D eigenvalue weighted by Gasteiger charge is 2.83. The van der Waals surface area contributed by atoms with E-state index < -0.39 is 70.2 Å². The van der Waals surface area contributed by atoms with Crippen LogP contribution in [0.3, 0.4) is 0 Å². The lowest BCUT2D eigenvalue weighted by Gasteiger charge is -2.61. The maximum Gasteiger partial charge on any atom is 0.333 e. The molecule has 4 fully saturated rings. The highest BCUT2D eigenvalue weighted by Crippen LogP contribution is 2.74. The number of hydrogen-bond donors (Lipinski definition) is 1. The monoisotopic (exact) mass is 693 g/mol. The molecule has 12 nitrogen and oxygen atoms in total. The number of carbonyl (C=O) groups is 5. The summed E-state index contributed by atoms with van der Waals surface area (Å²) < 4.78 is 29.4. The van der Waals surface area contributed by atoms with Gasteiger partial charge in [0.15, 0.2) is 11.9 Å². The Hall–Kier alpha value is -3.61. The number of hydrogen-bond acceptors (Lipinski definition) is 11. The topological polar surface area (TPSA) is 158 Å². The number of fused-ring (bicyclic) bond motifs is 4. The molecule has 0 unspecified atom stereocenters. The average Bonchev–Trinajstić information content (AvgIpc) is 3.77. The van der Waals surface area contributed by atoms with E-state index in [1.807, 2.05) is 33.8 Å². The highest BCUT2D eigenvalue weighted by molar-refractivity contribution is 5.99. The van der Waals surface area contributed by atoms with Crippen molar-refractivity contribution in [3.8, 4) is 0 Å². The second-order valence-corrected chi connectivity index (χ2v) is 15.6. The number of esters is 3. The molecule has 3 aliphatic heterocycles. The molecule has 4 aliphatic carbocycles. The molecule has 0 aromatic heterocycles. The molecule has 11 atom stereocenters. The van der Waals surface area contributed by atoms with Crippen molar-refractivity contribution >= 4 is 29.6 Å². The number of allylic oxidation sites excluding steroid dienone is 1. The van der Waals surface area contributed by atoms with Crippen LogP contribution in [0.5, 0.6) is 0 Å². The van der Waals surface area contributed by atoms with E-state index in [4.69, 9.17) is 23.7 Å². The lowest BCUT2D eigenvalue weighted by Crippen LogP contribution is -2.70. The first-order chi connectivity index (χ1) is 23.6. The molecule has 7 aliphatic rings. The van der Waals surface area contributed by atoms with Gasteiger partial charge in [-0.05, 0) is 70.1 Å². The van der Waals surface area contributed by atoms with Gasteiger partial charge >= 0.3 is 17.9 Å². The minimum atomic E-state index is -1.60. The molecule has 270 valence electrons. The summed E-state index contributed by atoms with van der Waals surface area (Å²) in [5.74, 6) is -3.32. The number of ketones is 1. The zero-order valence-electron chi connectivity index (χ0n) is 29.6. The SMILES string of the molecule is CC(=O)O[C@H]1C=C([C@H](C)[C@H]2CC(C)=C(C)C(=O)O2)[C@@]2(C)CC[C@H]3[C@@H](C[C@H]4O[C@]45[C@@H](OC(=O)/C=C/C(=O)N4CCOCC4)C=CC(=O)[C@]35C)[C@]12O. The first-order valence-corrected chi connectivity index (χ1v) is 17.7. The smallest absolute Gasteiger partial charge is 0.333 e. The van der Waals surface area contributed by atoms with Crippen LogP contribution in [0, 0.1) is 28.6 Å². The average molecular weight is 694 g/mol. The van der Waals surface area contributed by atoms with Crippen LogP contribution in [-0.2, 0) is 47.7 Å². The zero-order chi connectivity index (χ0) is 36.0. The molecule has 1 spiro atoms. The van der Waals surface area contributed by atoms with Gasteiger partial charge in [-0.2, -0.15) is 0 Å². The van der Waals surface area contributed by atoms with Crippen molar-refractivity contribution in [2.75, 3.05) is 26.3 Å². The lowest BCUT2D eigenvalue weighted by molar-refractivity contribution is -0.225. The van der Waals surface area contributed by atoms with Gasteiger partial charge < -0.3 is 33.7 Å². The fraction of sp³-hybridized carbons (Fsp3) is 0.658. The number of carbonyl (C=O) groups excluding carboxylic acids is 5. The fourth-order valence-corrected chi connectivity index (χ4v) is 10.4. The third-order valence-electron chi connectivity index (χ3n) is 13.4. The van der Waals surface area contributed by atoms with Crippen LogP contribution in [-0.4, -0.2) is 102 Å². The van der Waals surface area contributed by atoms with Gasteiger partial charge in [-0.15, -0.1) is 0 Å². The van der Waals surface area contributed by atoms with Crippen molar-refractivity contribution in [2.24, 2.45) is 28.6 Å². The van der Waals surface area contributed by atoms with E-state index in [1.54, 1.807) is 17.9 Å². The van der Waals surface area contributed by atoms with E-state index in [-0.39, 0.29) is 23.6 Å². The standard InChI is InChI=1S/C38H47NO11/c1-20-17-27(48-34(44)21(20)2)22(3)25-18-30(47-23(4)40)37(45)26-19-31-38(50-31)29(49-33(43)10-9-32(42)39-13-15-46-16-14-39)8-7-28(41)36(38,6)24(26)11-12-35(25,37)5/h7-10,18,22,24,26-27,29-31,45H,11-17,19H2,1-6H3/b10-9+/t22-,24-,26+,27+,29-,30-,31+,35+,36-,37-,38+/m0/s1. The van der Waals surface area contributed by atoms with Gasteiger partial charge in [0.05, 0.1) is 24.7 Å². The van der Waals surface area contributed by atoms with Crippen LogP contribution in [0.25, 0.3) is 0 Å². The number of epoxide rings is 1. The molecule has 7 rings (SSSR count). The molecule has 50 heavy (non-hydrogen) atoms. The Kier molecular flexibility index (Phi) is 8.35. The molecule has 1 amide bonds. The number of rotatable bonds is 6. The van der Waals surface area contributed by atoms with Crippen LogP contribution < -0.4 is 0 Å². The Morgan fingerprint density at radius 2 is 1.78 bits per heavy atom. The zero-order valence-corrected chi connectivity index (χ0v) is 29.6. The van der Waals surface area contributed by atoms with Crippen molar-refractivity contribution in [1.29, 1.82) is 0 Å². The van der Waals surface area contributed by atoms with E-state index in [0.29, 0.717) is 57.6 Å². The van der Waals surface area contributed by atoms with Crippen LogP contribution >= 0.6 is 0 Å². The van der Waals surface area contributed by atoms with E-state index in [0.717, 1.165) is 17.2 Å². The Morgan fingerprint density at radius 1 is 1.06 bits per heavy atom. The lowest BCUT2D eigenvalue weighted by atomic mass is 9.42. The summed E-state index contributed by atoms with van der Waals surface area (Å²) in [4.78, 5) is 66.5. The predicted octanol–water partition coefficient (Wildman–Crippen LogP) is 2.92. The summed E-state index contributed by atoms with van der Waals surface area (Å²) >= 11 is 0. The molecule has 0 aromatic rings. The first kappa shape index (κ1) is 34.8. The number of ether oxygens (including phenoxy) is 5. The van der Waals surface area contributed by atoms with Gasteiger partial charge in [0.1, 0.15) is 23.4 Å². The van der Waals surface area contributed by atoms with Crippen molar-refractivity contribution in [1.82, 2.24) is 4.90 Å². The molecule has 2 saturated carbocycles. The summed E-state index contributed by atoms with van der Waals surface area (Å²) in [6.45, 7) is 12.6. The van der Waals surface area contributed by atoms with Gasteiger partial charge in [-0.3, -0.25) is 14.4 Å². The van der Waals surface area contributed by atoms with E-state index in [2.05, 4.69) is 0 Å². The van der Waals surface area contributed by atoms with Crippen molar-refractivity contribution in [3.63, 3.8) is 0 Å². The second kappa shape index (κ2) is 12.0. The number of amides is 1. The van der Waals surface area contributed by atoms with Crippen LogP contribution in [0.1, 0.15) is 67.2 Å². The molecular formula is C38H47NO11. The molecule has 2 saturated heterocycles. The number of aliphatic hydroxyl groups is 1. The molecule has 12 heteroatoms. The molecule has 0 aromatic carbocycles. The third kappa shape index (κ3) is 4.84. The number of cyclic esters (lactones) is 1. The maximum absolute atomic E-state index is 14.0. The number of nitrogens with zero attached hydrogens (tertiary/aromatic N) is 1. The largest absolute Gasteiger partial charge is 0.458 e. The van der Waals surface area contributed by atoms with E-state index >= 15 is 0 Å². The van der Waals surface area contributed by atoms with Crippen molar-refractivity contribution in [3.05, 3.63) is 47.1 Å². The quantitative estimate of drug-likeness (QED) is 0.143. The van der Waals surface area contributed by atoms with Crippen LogP contribution in [0.15, 0.2) is 47.1 Å². The Bertz CT molecular complexity index is 1650. The molecule has 1 N–H and O–H groups in total. The fourth-order valence-electron chi connectivity index (χ4n) is 10.4. The summed E-state index contributed by atoms with van der Waals surface area (Å²) in [5, 5.41) is 13.1. The van der Waals surface area contributed by atoms with E-state index in [1.165, 1.54) is 19.1 Å². The highest BCUT2D eigenvalue weighted by atomic mass is 16.7. The molecule has 3 heterocycles. The normalized spacial score (nSPS) is 42.5. The number of morpholine rings is 1.